The van der Waals surface area contributed by atoms with Gasteiger partial charge in [0.2, 0.25) is 0 Å². The lowest BCUT2D eigenvalue weighted by Gasteiger charge is -2.34. The minimum atomic E-state index is 0.206. The zero-order valence-electron chi connectivity index (χ0n) is 12.3. The maximum Gasteiger partial charge on any atom is 0.168 e. The molecule has 1 aromatic rings. The second kappa shape index (κ2) is 4.13. The third kappa shape index (κ3) is 1.67. The Kier molecular flexibility index (Phi) is 2.50. The van der Waals surface area contributed by atoms with E-state index in [2.05, 4.69) is 6.07 Å². The first-order valence-electron chi connectivity index (χ1n) is 8.46. The molecule has 5 aliphatic carbocycles. The standard InChI is InChI=1S/C19H21ClO/c20-16-3-1-2-13-7-14(18(21)17(13)16)10-19-8-11-4-12(9-19)6-15(19)5-11/h1-3,11-12,14-15H,4-10H2. The first-order chi connectivity index (χ1) is 10.1. The summed E-state index contributed by atoms with van der Waals surface area (Å²) in [6, 6.07) is 5.94. The Morgan fingerprint density at radius 1 is 1.14 bits per heavy atom. The lowest BCUT2D eigenvalue weighted by atomic mass is 9.70. The smallest absolute Gasteiger partial charge is 0.168 e. The van der Waals surface area contributed by atoms with Gasteiger partial charge in [0, 0.05) is 11.5 Å². The summed E-state index contributed by atoms with van der Waals surface area (Å²) in [4.78, 5) is 12.8. The molecule has 0 spiro atoms. The van der Waals surface area contributed by atoms with Gasteiger partial charge in [-0.25, -0.2) is 0 Å². The van der Waals surface area contributed by atoms with Gasteiger partial charge in [-0.2, -0.15) is 0 Å². The number of ketones is 1. The summed E-state index contributed by atoms with van der Waals surface area (Å²) in [5.41, 5.74) is 2.53. The van der Waals surface area contributed by atoms with Gasteiger partial charge in [-0.1, -0.05) is 23.7 Å². The van der Waals surface area contributed by atoms with Crippen LogP contribution in [0.15, 0.2) is 18.2 Å². The van der Waals surface area contributed by atoms with Crippen LogP contribution >= 0.6 is 11.6 Å². The van der Waals surface area contributed by atoms with Crippen LogP contribution in [0.25, 0.3) is 0 Å². The number of carbonyl (C=O) groups excluding carboxylic acids is 1. The van der Waals surface area contributed by atoms with Gasteiger partial charge in [-0.3, -0.25) is 4.79 Å². The van der Waals surface area contributed by atoms with Gasteiger partial charge >= 0.3 is 0 Å². The number of halogens is 1. The molecule has 2 heteroatoms. The fraction of sp³-hybridized carbons (Fsp3) is 0.632. The predicted octanol–water partition coefficient (Wildman–Crippen LogP) is 4.91. The number of carbonyl (C=O) groups is 1. The average molecular weight is 301 g/mol. The molecular formula is C19H21ClO. The molecule has 3 unspecified atom stereocenters. The van der Waals surface area contributed by atoms with E-state index < -0.39 is 0 Å². The maximum atomic E-state index is 12.8. The average Bonchev–Trinajstić information content (AvgIpc) is 2.96. The molecule has 21 heavy (non-hydrogen) atoms. The summed E-state index contributed by atoms with van der Waals surface area (Å²) in [5, 5.41) is 0.662. The molecule has 0 saturated heterocycles. The van der Waals surface area contributed by atoms with Crippen LogP contribution in [0.5, 0.6) is 0 Å². The van der Waals surface area contributed by atoms with Gasteiger partial charge in [0.15, 0.2) is 5.78 Å². The fourth-order valence-electron chi connectivity index (χ4n) is 6.53. The van der Waals surface area contributed by atoms with E-state index >= 15 is 0 Å². The van der Waals surface area contributed by atoms with Crippen molar-refractivity contribution in [1.29, 1.82) is 0 Å². The zero-order chi connectivity index (χ0) is 14.2. The summed E-state index contributed by atoms with van der Waals surface area (Å²) in [7, 11) is 0. The van der Waals surface area contributed by atoms with E-state index in [1.54, 1.807) is 0 Å². The Bertz CT molecular complexity index is 620. The van der Waals surface area contributed by atoms with Crippen molar-refractivity contribution in [1.82, 2.24) is 0 Å². The van der Waals surface area contributed by atoms with Gasteiger partial charge in [-0.15, -0.1) is 0 Å². The summed E-state index contributed by atoms with van der Waals surface area (Å²) < 4.78 is 0. The first-order valence-corrected chi connectivity index (χ1v) is 8.84. The summed E-state index contributed by atoms with van der Waals surface area (Å²) in [6.07, 6.45) is 9.25. The third-order valence-corrected chi connectivity index (χ3v) is 7.31. The molecule has 0 aromatic heterocycles. The minimum absolute atomic E-state index is 0.206. The van der Waals surface area contributed by atoms with Crippen molar-refractivity contribution < 1.29 is 4.79 Å². The highest BCUT2D eigenvalue weighted by Crippen LogP contribution is 2.67. The summed E-state index contributed by atoms with van der Waals surface area (Å²) in [5.74, 6) is 3.41. The number of hydrogen-bond acceptors (Lipinski definition) is 1. The quantitative estimate of drug-likeness (QED) is 0.758. The summed E-state index contributed by atoms with van der Waals surface area (Å²) in [6.45, 7) is 0. The van der Waals surface area contributed by atoms with E-state index in [0.29, 0.717) is 16.2 Å². The molecule has 6 rings (SSSR count). The number of hydrogen-bond donors (Lipinski definition) is 0. The Labute approximate surface area is 131 Å². The number of fused-ring (bicyclic) bond motifs is 1. The second-order valence-corrected chi connectivity index (χ2v) is 8.56. The van der Waals surface area contributed by atoms with E-state index in [0.717, 1.165) is 36.2 Å². The Balaban J connectivity index is 1.44. The van der Waals surface area contributed by atoms with Crippen molar-refractivity contribution in [2.24, 2.45) is 29.1 Å². The lowest BCUT2D eigenvalue weighted by Crippen LogP contribution is -2.28. The molecular weight excluding hydrogens is 280 g/mol. The molecule has 5 aliphatic rings. The number of Topliss-reactive ketones (excluding diaryl/α,β-unsaturated/α-hetero) is 1. The van der Waals surface area contributed by atoms with Crippen LogP contribution in [-0.4, -0.2) is 5.78 Å². The maximum absolute atomic E-state index is 12.8. The molecule has 0 N–H and O–H groups in total. The molecule has 4 bridgehead atoms. The van der Waals surface area contributed by atoms with Crippen LogP contribution in [0.2, 0.25) is 5.02 Å². The topological polar surface area (TPSA) is 17.1 Å². The largest absolute Gasteiger partial charge is 0.294 e. The predicted molar refractivity (Wildman–Crippen MR) is 83.6 cm³/mol. The Morgan fingerprint density at radius 2 is 1.90 bits per heavy atom. The van der Waals surface area contributed by atoms with E-state index in [1.165, 1.54) is 37.7 Å². The Hall–Kier alpha value is -0.820. The van der Waals surface area contributed by atoms with Crippen molar-refractivity contribution in [2.75, 3.05) is 0 Å². The molecule has 0 radical (unpaired) electrons. The molecule has 0 aliphatic heterocycles. The Morgan fingerprint density at radius 3 is 2.62 bits per heavy atom. The van der Waals surface area contributed by atoms with E-state index in [9.17, 15) is 4.79 Å². The van der Waals surface area contributed by atoms with Crippen LogP contribution in [0.1, 0.15) is 54.4 Å². The summed E-state index contributed by atoms with van der Waals surface area (Å²) >= 11 is 6.27. The van der Waals surface area contributed by atoms with Gasteiger partial charge in [0.1, 0.15) is 0 Å². The minimum Gasteiger partial charge on any atom is -0.294 e. The molecule has 110 valence electrons. The van der Waals surface area contributed by atoms with Crippen LogP contribution in [0.3, 0.4) is 0 Å². The van der Waals surface area contributed by atoms with E-state index in [1.807, 2.05) is 12.1 Å². The van der Waals surface area contributed by atoms with Crippen LogP contribution in [0, 0.1) is 29.1 Å². The highest BCUT2D eigenvalue weighted by Gasteiger charge is 2.58. The molecule has 1 nitrogen and oxygen atoms in total. The van der Waals surface area contributed by atoms with E-state index in [-0.39, 0.29) is 5.92 Å². The zero-order valence-corrected chi connectivity index (χ0v) is 13.0. The van der Waals surface area contributed by atoms with E-state index in [4.69, 9.17) is 11.6 Å². The number of benzene rings is 1. The monoisotopic (exact) mass is 300 g/mol. The van der Waals surface area contributed by atoms with Crippen molar-refractivity contribution in [3.63, 3.8) is 0 Å². The van der Waals surface area contributed by atoms with Crippen LogP contribution < -0.4 is 0 Å². The highest BCUT2D eigenvalue weighted by atomic mass is 35.5. The van der Waals surface area contributed by atoms with Gasteiger partial charge < -0.3 is 0 Å². The van der Waals surface area contributed by atoms with Crippen molar-refractivity contribution in [2.45, 2.75) is 44.9 Å². The second-order valence-electron chi connectivity index (χ2n) is 8.15. The molecule has 0 heterocycles. The normalized spacial score (nSPS) is 42.8. The molecule has 4 saturated carbocycles. The van der Waals surface area contributed by atoms with Crippen molar-refractivity contribution >= 4 is 17.4 Å². The molecule has 0 amide bonds. The highest BCUT2D eigenvalue weighted by molar-refractivity contribution is 6.34. The van der Waals surface area contributed by atoms with Crippen molar-refractivity contribution in [3.05, 3.63) is 34.3 Å². The molecule has 4 fully saturated rings. The SMILES string of the molecule is O=C1c2c(Cl)cccc2CC1CC12CC3CC(CC1C3)C2. The number of rotatable bonds is 2. The van der Waals surface area contributed by atoms with Gasteiger partial charge in [0.25, 0.3) is 0 Å². The third-order valence-electron chi connectivity index (χ3n) is 7.00. The fourth-order valence-corrected chi connectivity index (χ4v) is 6.82. The molecule has 3 atom stereocenters. The first kappa shape index (κ1) is 12.7. The lowest BCUT2D eigenvalue weighted by molar-refractivity contribution is 0.0848. The van der Waals surface area contributed by atoms with Crippen LogP contribution in [0.4, 0.5) is 0 Å². The van der Waals surface area contributed by atoms with Crippen molar-refractivity contribution in [3.8, 4) is 0 Å². The van der Waals surface area contributed by atoms with Gasteiger partial charge in [0.05, 0.1) is 5.02 Å². The van der Waals surface area contributed by atoms with Crippen LogP contribution in [-0.2, 0) is 6.42 Å². The van der Waals surface area contributed by atoms with Gasteiger partial charge in [-0.05, 0) is 79.7 Å². The molecule has 1 aromatic carbocycles.